The van der Waals surface area contributed by atoms with Gasteiger partial charge in [-0.15, -0.1) is 0 Å². The summed E-state index contributed by atoms with van der Waals surface area (Å²) >= 11 is 2.38. The lowest BCUT2D eigenvalue weighted by Crippen LogP contribution is -1.83. The molecule has 0 aliphatic rings. The first-order valence-corrected chi connectivity index (χ1v) is 5.86. The van der Waals surface area contributed by atoms with E-state index in [0.29, 0.717) is 0 Å². The van der Waals surface area contributed by atoms with E-state index in [1.54, 1.807) is 0 Å². The highest BCUT2D eigenvalue weighted by molar-refractivity contribution is 14.1. The standard InChI is InChI=1S/C13H8IN/c14-12-8-9-4-3-7-15-13(9)11-6-2-1-5-10(11)12/h1-8H. The van der Waals surface area contributed by atoms with Gasteiger partial charge >= 0.3 is 0 Å². The first-order valence-electron chi connectivity index (χ1n) is 4.78. The minimum Gasteiger partial charge on any atom is -0.256 e. The van der Waals surface area contributed by atoms with Crippen molar-refractivity contribution in [2.75, 3.05) is 0 Å². The van der Waals surface area contributed by atoms with E-state index in [1.807, 2.05) is 12.3 Å². The second kappa shape index (κ2) is 3.45. The molecule has 0 atom stereocenters. The zero-order valence-electron chi connectivity index (χ0n) is 7.94. The zero-order valence-corrected chi connectivity index (χ0v) is 10.1. The van der Waals surface area contributed by atoms with E-state index in [-0.39, 0.29) is 0 Å². The van der Waals surface area contributed by atoms with Crippen molar-refractivity contribution in [2.45, 2.75) is 0 Å². The van der Waals surface area contributed by atoms with E-state index in [9.17, 15) is 0 Å². The third kappa shape index (κ3) is 1.40. The molecular formula is C13H8IN. The van der Waals surface area contributed by atoms with E-state index < -0.39 is 0 Å². The summed E-state index contributed by atoms with van der Waals surface area (Å²) in [6.07, 6.45) is 1.85. The van der Waals surface area contributed by atoms with Crippen LogP contribution in [0.3, 0.4) is 0 Å². The van der Waals surface area contributed by atoms with Crippen molar-refractivity contribution < 1.29 is 0 Å². The zero-order chi connectivity index (χ0) is 10.3. The maximum Gasteiger partial charge on any atom is 0.0781 e. The number of hydrogen-bond acceptors (Lipinski definition) is 1. The normalized spacial score (nSPS) is 11.0. The fourth-order valence-corrected chi connectivity index (χ4v) is 2.68. The Kier molecular flexibility index (Phi) is 2.09. The molecule has 1 heterocycles. The van der Waals surface area contributed by atoms with Gasteiger partial charge in [-0.05, 0) is 40.1 Å². The fraction of sp³-hybridized carbons (Fsp3) is 0. The Morgan fingerprint density at radius 1 is 0.933 bits per heavy atom. The predicted octanol–water partition coefficient (Wildman–Crippen LogP) is 3.99. The number of benzene rings is 2. The molecule has 0 aliphatic carbocycles. The van der Waals surface area contributed by atoms with Gasteiger partial charge < -0.3 is 0 Å². The molecule has 0 saturated carbocycles. The molecular weight excluding hydrogens is 297 g/mol. The first-order chi connectivity index (χ1) is 7.36. The van der Waals surface area contributed by atoms with Crippen LogP contribution >= 0.6 is 22.6 Å². The van der Waals surface area contributed by atoms with Crippen molar-refractivity contribution in [3.63, 3.8) is 0 Å². The molecule has 3 rings (SSSR count). The Morgan fingerprint density at radius 3 is 2.60 bits per heavy atom. The summed E-state index contributed by atoms with van der Waals surface area (Å²) in [7, 11) is 0. The van der Waals surface area contributed by atoms with Crippen molar-refractivity contribution in [2.24, 2.45) is 0 Å². The van der Waals surface area contributed by atoms with E-state index in [4.69, 9.17) is 0 Å². The van der Waals surface area contributed by atoms with Gasteiger partial charge in [0.25, 0.3) is 0 Å². The van der Waals surface area contributed by atoms with Gasteiger partial charge in [0.05, 0.1) is 5.52 Å². The fourth-order valence-electron chi connectivity index (χ4n) is 1.87. The third-order valence-electron chi connectivity index (χ3n) is 2.56. The Labute approximate surface area is 101 Å². The quantitative estimate of drug-likeness (QED) is 0.452. The number of fused-ring (bicyclic) bond motifs is 3. The van der Waals surface area contributed by atoms with Crippen LogP contribution in [0.2, 0.25) is 0 Å². The molecule has 0 fully saturated rings. The first kappa shape index (κ1) is 9.09. The van der Waals surface area contributed by atoms with E-state index in [2.05, 4.69) is 64.0 Å². The molecule has 0 spiro atoms. The highest BCUT2D eigenvalue weighted by Crippen LogP contribution is 2.27. The molecule has 72 valence electrons. The van der Waals surface area contributed by atoms with Gasteiger partial charge in [-0.1, -0.05) is 30.3 Å². The number of pyridine rings is 1. The number of nitrogens with zero attached hydrogens (tertiary/aromatic N) is 1. The number of aromatic nitrogens is 1. The van der Waals surface area contributed by atoms with Crippen molar-refractivity contribution in [1.29, 1.82) is 0 Å². The highest BCUT2D eigenvalue weighted by atomic mass is 127. The van der Waals surface area contributed by atoms with Crippen LogP contribution in [0.15, 0.2) is 48.7 Å². The molecule has 0 radical (unpaired) electrons. The molecule has 0 N–H and O–H groups in total. The number of halogens is 1. The molecule has 0 amide bonds. The molecule has 0 aliphatic heterocycles. The summed E-state index contributed by atoms with van der Waals surface area (Å²) in [5, 5.41) is 3.73. The lowest BCUT2D eigenvalue weighted by Gasteiger charge is -2.04. The van der Waals surface area contributed by atoms with Gasteiger partial charge in [0.1, 0.15) is 0 Å². The molecule has 0 saturated heterocycles. The molecule has 2 heteroatoms. The topological polar surface area (TPSA) is 12.9 Å². The van der Waals surface area contributed by atoms with Gasteiger partial charge in [-0.2, -0.15) is 0 Å². The SMILES string of the molecule is Ic1cc2cccnc2c2ccccc12. The number of rotatable bonds is 0. The highest BCUT2D eigenvalue weighted by Gasteiger charge is 2.03. The molecule has 0 bridgehead atoms. The van der Waals surface area contributed by atoms with Gasteiger partial charge in [0.15, 0.2) is 0 Å². The summed E-state index contributed by atoms with van der Waals surface area (Å²) in [5.41, 5.74) is 1.09. The van der Waals surface area contributed by atoms with Crippen molar-refractivity contribution in [1.82, 2.24) is 4.98 Å². The lowest BCUT2D eigenvalue weighted by molar-refractivity contribution is 1.43. The van der Waals surface area contributed by atoms with Crippen molar-refractivity contribution >= 4 is 44.3 Å². The molecule has 2 aromatic carbocycles. The van der Waals surface area contributed by atoms with Crippen LogP contribution in [0.5, 0.6) is 0 Å². The molecule has 0 unspecified atom stereocenters. The van der Waals surface area contributed by atoms with Gasteiger partial charge in [-0.25, -0.2) is 0 Å². The summed E-state index contributed by atoms with van der Waals surface area (Å²) in [5.74, 6) is 0. The minimum absolute atomic E-state index is 1.09. The van der Waals surface area contributed by atoms with Crippen molar-refractivity contribution in [3.05, 3.63) is 52.2 Å². The Bertz CT molecular complexity index is 646. The van der Waals surface area contributed by atoms with Crippen LogP contribution in [0.25, 0.3) is 21.7 Å². The maximum atomic E-state index is 4.45. The third-order valence-corrected chi connectivity index (χ3v) is 3.45. The molecule has 1 nitrogen and oxygen atoms in total. The van der Waals surface area contributed by atoms with E-state index >= 15 is 0 Å². The monoisotopic (exact) mass is 305 g/mol. The summed E-state index contributed by atoms with van der Waals surface area (Å²) in [6.45, 7) is 0. The summed E-state index contributed by atoms with van der Waals surface area (Å²) < 4.78 is 1.28. The van der Waals surface area contributed by atoms with Crippen LogP contribution < -0.4 is 0 Å². The van der Waals surface area contributed by atoms with Crippen LogP contribution in [0, 0.1) is 3.57 Å². The Morgan fingerprint density at radius 2 is 1.73 bits per heavy atom. The van der Waals surface area contributed by atoms with Crippen LogP contribution in [-0.2, 0) is 0 Å². The van der Waals surface area contributed by atoms with Gasteiger partial charge in [0, 0.05) is 20.5 Å². The van der Waals surface area contributed by atoms with Gasteiger partial charge in [-0.3, -0.25) is 4.98 Å². The summed E-state index contributed by atoms with van der Waals surface area (Å²) in [6, 6.07) is 14.7. The number of hydrogen-bond donors (Lipinski definition) is 0. The van der Waals surface area contributed by atoms with Crippen LogP contribution in [0.4, 0.5) is 0 Å². The predicted molar refractivity (Wildman–Crippen MR) is 72.0 cm³/mol. The van der Waals surface area contributed by atoms with E-state index in [1.165, 1.54) is 19.7 Å². The van der Waals surface area contributed by atoms with Crippen LogP contribution in [0.1, 0.15) is 0 Å². The smallest absolute Gasteiger partial charge is 0.0781 e. The average molecular weight is 305 g/mol. The molecule has 15 heavy (non-hydrogen) atoms. The average Bonchev–Trinajstić information content (AvgIpc) is 2.30. The summed E-state index contributed by atoms with van der Waals surface area (Å²) in [4.78, 5) is 4.45. The maximum absolute atomic E-state index is 4.45. The van der Waals surface area contributed by atoms with E-state index in [0.717, 1.165) is 5.52 Å². The Balaban J connectivity index is 2.64. The Hall–Kier alpha value is -1.16. The second-order valence-electron chi connectivity index (χ2n) is 3.48. The second-order valence-corrected chi connectivity index (χ2v) is 4.64. The van der Waals surface area contributed by atoms with Crippen LogP contribution in [-0.4, -0.2) is 4.98 Å². The molecule has 3 aromatic rings. The lowest BCUT2D eigenvalue weighted by atomic mass is 10.1. The molecule has 1 aromatic heterocycles. The minimum atomic E-state index is 1.09. The van der Waals surface area contributed by atoms with Gasteiger partial charge in [0.2, 0.25) is 0 Å². The van der Waals surface area contributed by atoms with Crippen molar-refractivity contribution in [3.8, 4) is 0 Å². The largest absolute Gasteiger partial charge is 0.256 e.